The number of hydrogen-bond donors (Lipinski definition) is 1. The Hall–Kier alpha value is -2.66. The van der Waals surface area contributed by atoms with Gasteiger partial charge in [-0.15, -0.1) is 0 Å². The van der Waals surface area contributed by atoms with Gasteiger partial charge in [-0.25, -0.2) is 9.59 Å². The zero-order chi connectivity index (χ0) is 30.2. The number of benzene rings is 1. The summed E-state index contributed by atoms with van der Waals surface area (Å²) >= 11 is 0. The van der Waals surface area contributed by atoms with Crippen LogP contribution < -0.4 is 5.32 Å². The first-order valence-electron chi connectivity index (χ1n) is 13.0. The van der Waals surface area contributed by atoms with Crippen LogP contribution in [0.2, 0.25) is 0 Å². The van der Waals surface area contributed by atoms with Crippen molar-refractivity contribution in [2.45, 2.75) is 116 Å². The maximum Gasteiger partial charge on any atom is 0.408 e. The molecule has 1 aromatic rings. The number of alkyl carbamates (subject to hydrolysis) is 1. The molecule has 0 heterocycles. The molecule has 0 saturated carbocycles. The molecule has 0 bridgehead atoms. The molecule has 1 N–H and O–H groups in total. The van der Waals surface area contributed by atoms with Crippen molar-refractivity contribution in [3.05, 3.63) is 29.8 Å². The molecule has 0 aromatic heterocycles. The molecule has 2 unspecified atom stereocenters. The Morgan fingerprint density at radius 1 is 0.846 bits per heavy atom. The van der Waals surface area contributed by atoms with Crippen molar-refractivity contribution in [2.24, 2.45) is 5.92 Å². The number of nitrogens with one attached hydrogen (secondary N) is 1. The highest BCUT2D eigenvalue weighted by Gasteiger charge is 2.35. The normalized spacial score (nSPS) is 14.2. The van der Waals surface area contributed by atoms with Gasteiger partial charge in [0.15, 0.2) is 0 Å². The molecule has 1 amide bonds. The molecule has 0 spiro atoms. The van der Waals surface area contributed by atoms with Gasteiger partial charge in [0.05, 0.1) is 17.4 Å². The second-order valence-electron chi connectivity index (χ2n) is 12.4. The van der Waals surface area contributed by atoms with Gasteiger partial charge < -0.3 is 19.5 Å². The predicted octanol–water partition coefficient (Wildman–Crippen LogP) is 5.06. The molecule has 0 aliphatic heterocycles. The summed E-state index contributed by atoms with van der Waals surface area (Å²) in [6, 6.07) is 5.13. The minimum atomic E-state index is -3.98. The number of aryl methyl sites for hydroxylation is 1. The monoisotopic (exact) mass is 571 g/mol. The van der Waals surface area contributed by atoms with E-state index in [1.54, 1.807) is 81.4 Å². The quantitative estimate of drug-likeness (QED) is 0.167. The average Bonchev–Trinajstić information content (AvgIpc) is 2.71. The van der Waals surface area contributed by atoms with Crippen molar-refractivity contribution in [3.8, 4) is 0 Å². The van der Waals surface area contributed by atoms with E-state index in [4.69, 9.17) is 18.4 Å². The fraction of sp³-hybridized carbons (Fsp3) is 0.679. The summed E-state index contributed by atoms with van der Waals surface area (Å²) in [5.41, 5.74) is -1.69. The first-order valence-corrected chi connectivity index (χ1v) is 14.4. The highest BCUT2D eigenvalue weighted by atomic mass is 32.2. The van der Waals surface area contributed by atoms with E-state index in [1.807, 2.05) is 0 Å². The van der Waals surface area contributed by atoms with E-state index in [9.17, 15) is 22.8 Å². The third-order valence-corrected chi connectivity index (χ3v) is 6.16. The summed E-state index contributed by atoms with van der Waals surface area (Å²) in [5, 5.41) is 2.51. The van der Waals surface area contributed by atoms with E-state index >= 15 is 0 Å². The minimum absolute atomic E-state index is 0.0396. The largest absolute Gasteiger partial charge is 0.460 e. The smallest absolute Gasteiger partial charge is 0.408 e. The lowest BCUT2D eigenvalue weighted by Gasteiger charge is -2.29. The highest BCUT2D eigenvalue weighted by molar-refractivity contribution is 7.86. The van der Waals surface area contributed by atoms with E-state index in [-0.39, 0.29) is 30.8 Å². The molecular weight excluding hydrogens is 526 g/mol. The fourth-order valence-corrected chi connectivity index (χ4v) is 4.42. The Morgan fingerprint density at radius 3 is 1.90 bits per heavy atom. The van der Waals surface area contributed by atoms with Gasteiger partial charge in [0, 0.05) is 0 Å². The van der Waals surface area contributed by atoms with Crippen LogP contribution in [0, 0.1) is 12.8 Å². The molecule has 11 heteroatoms. The standard InChI is InChI=1S/C28H45NO9S/c1-19-13-11-15-21(17-19)39(33,34)35-16-12-14-20(23(30)36-26(2,3)4)18-22(24(31)37-27(5,6)7)29-25(32)38-28(8,9)10/h11,13,15,17,20,22H,12,14,16,18H2,1-10H3,(H,29,32). The molecule has 0 aliphatic carbocycles. The van der Waals surface area contributed by atoms with Crippen molar-refractivity contribution in [1.29, 1.82) is 0 Å². The van der Waals surface area contributed by atoms with Crippen molar-refractivity contribution < 1.29 is 41.2 Å². The Balaban J connectivity index is 3.07. The van der Waals surface area contributed by atoms with Crippen LogP contribution >= 0.6 is 0 Å². The molecule has 1 aromatic carbocycles. The number of hydrogen-bond acceptors (Lipinski definition) is 9. The van der Waals surface area contributed by atoms with Crippen molar-refractivity contribution >= 4 is 28.1 Å². The van der Waals surface area contributed by atoms with Gasteiger partial charge in [-0.3, -0.25) is 8.98 Å². The lowest BCUT2D eigenvalue weighted by atomic mass is 9.94. The minimum Gasteiger partial charge on any atom is -0.460 e. The zero-order valence-corrected chi connectivity index (χ0v) is 25.7. The summed E-state index contributed by atoms with van der Waals surface area (Å²) in [6.45, 7) is 16.8. The van der Waals surface area contributed by atoms with Crippen LogP contribution in [-0.2, 0) is 38.1 Å². The number of amides is 1. The third kappa shape index (κ3) is 14.3. The number of carbonyl (C=O) groups is 3. The summed E-state index contributed by atoms with van der Waals surface area (Å²) in [5.74, 6) is -2.20. The number of ether oxygens (including phenoxy) is 3. The zero-order valence-electron chi connectivity index (χ0n) is 24.9. The number of esters is 2. The molecule has 222 valence electrons. The molecule has 0 aliphatic rings. The van der Waals surface area contributed by atoms with Crippen molar-refractivity contribution in [2.75, 3.05) is 6.61 Å². The molecule has 1 rings (SSSR count). The molecular formula is C28H45NO9S. The second kappa shape index (κ2) is 13.6. The topological polar surface area (TPSA) is 134 Å². The summed E-state index contributed by atoms with van der Waals surface area (Å²) in [4.78, 5) is 38.6. The lowest BCUT2D eigenvalue weighted by molar-refractivity contribution is -0.163. The third-order valence-electron chi connectivity index (χ3n) is 4.86. The van der Waals surface area contributed by atoms with Crippen LogP contribution in [0.25, 0.3) is 0 Å². The van der Waals surface area contributed by atoms with E-state index in [0.29, 0.717) is 0 Å². The van der Waals surface area contributed by atoms with Gasteiger partial charge in [-0.2, -0.15) is 8.42 Å². The van der Waals surface area contributed by atoms with Crippen LogP contribution in [0.1, 0.15) is 87.1 Å². The molecule has 0 radical (unpaired) electrons. The maximum atomic E-state index is 13.1. The predicted molar refractivity (Wildman–Crippen MR) is 147 cm³/mol. The van der Waals surface area contributed by atoms with E-state index in [1.165, 1.54) is 12.1 Å². The summed E-state index contributed by atoms with van der Waals surface area (Å²) in [6.07, 6.45) is -0.683. The number of carbonyl (C=O) groups excluding carboxylic acids is 3. The summed E-state index contributed by atoms with van der Waals surface area (Å²) < 4.78 is 46.6. The lowest BCUT2D eigenvalue weighted by Crippen LogP contribution is -2.47. The van der Waals surface area contributed by atoms with Crippen LogP contribution in [0.5, 0.6) is 0 Å². The van der Waals surface area contributed by atoms with E-state index < -0.39 is 56.9 Å². The Bertz CT molecular complexity index is 1090. The van der Waals surface area contributed by atoms with Gasteiger partial charge >= 0.3 is 18.0 Å². The maximum absolute atomic E-state index is 13.1. The first kappa shape index (κ1) is 34.4. The van der Waals surface area contributed by atoms with Gasteiger partial charge in [0.25, 0.3) is 10.1 Å². The van der Waals surface area contributed by atoms with Gasteiger partial charge in [-0.1, -0.05) is 12.1 Å². The van der Waals surface area contributed by atoms with Crippen LogP contribution in [0.4, 0.5) is 4.79 Å². The van der Waals surface area contributed by atoms with Gasteiger partial charge in [0.1, 0.15) is 22.8 Å². The highest BCUT2D eigenvalue weighted by Crippen LogP contribution is 2.23. The first-order chi connectivity index (χ1) is 17.6. The number of rotatable bonds is 11. The van der Waals surface area contributed by atoms with Crippen molar-refractivity contribution in [3.63, 3.8) is 0 Å². The molecule has 0 saturated heterocycles. The van der Waals surface area contributed by atoms with Gasteiger partial charge in [0.2, 0.25) is 0 Å². The average molecular weight is 572 g/mol. The SMILES string of the molecule is Cc1cccc(S(=O)(=O)OCCCC(CC(NC(=O)OC(C)(C)C)C(=O)OC(C)(C)C)C(=O)OC(C)(C)C)c1. The summed E-state index contributed by atoms with van der Waals surface area (Å²) in [7, 11) is -3.98. The van der Waals surface area contributed by atoms with E-state index in [2.05, 4.69) is 5.32 Å². The van der Waals surface area contributed by atoms with Crippen LogP contribution in [0.3, 0.4) is 0 Å². The Kier molecular flexibility index (Phi) is 12.0. The molecule has 2 atom stereocenters. The van der Waals surface area contributed by atoms with Gasteiger partial charge in [-0.05, 0) is 106 Å². The Morgan fingerprint density at radius 2 is 1.38 bits per heavy atom. The van der Waals surface area contributed by atoms with E-state index in [0.717, 1.165) is 5.56 Å². The van der Waals surface area contributed by atoms with Crippen LogP contribution in [-0.4, -0.2) is 55.9 Å². The van der Waals surface area contributed by atoms with Crippen molar-refractivity contribution in [1.82, 2.24) is 5.32 Å². The molecule has 0 fully saturated rings. The Labute approximate surface area is 233 Å². The molecule has 39 heavy (non-hydrogen) atoms. The van der Waals surface area contributed by atoms with Crippen LogP contribution in [0.15, 0.2) is 29.2 Å². The second-order valence-corrected chi connectivity index (χ2v) is 14.0. The fourth-order valence-electron chi connectivity index (χ4n) is 3.38. The molecule has 10 nitrogen and oxygen atoms in total.